The van der Waals surface area contributed by atoms with Crippen molar-refractivity contribution in [2.24, 2.45) is 0 Å². The van der Waals surface area contributed by atoms with E-state index in [0.717, 1.165) is 23.5 Å². The summed E-state index contributed by atoms with van der Waals surface area (Å²) in [6.07, 6.45) is 2.63. The van der Waals surface area contributed by atoms with Crippen molar-refractivity contribution in [1.82, 2.24) is 0 Å². The summed E-state index contributed by atoms with van der Waals surface area (Å²) in [6.45, 7) is 7.81. The van der Waals surface area contributed by atoms with E-state index < -0.39 is 0 Å². The van der Waals surface area contributed by atoms with Crippen LogP contribution in [0.3, 0.4) is 0 Å². The Balaban J connectivity index is 2.57. The van der Waals surface area contributed by atoms with Crippen LogP contribution in [-0.4, -0.2) is 11.2 Å². The Morgan fingerprint density at radius 3 is 2.60 bits per heavy atom. The van der Waals surface area contributed by atoms with Crippen molar-refractivity contribution >= 4 is 0 Å². The third kappa shape index (κ3) is 3.56. The summed E-state index contributed by atoms with van der Waals surface area (Å²) >= 11 is 0. The molecule has 0 radical (unpaired) electrons. The third-order valence-electron chi connectivity index (χ3n) is 2.70. The molecule has 0 spiro atoms. The number of furan rings is 1. The van der Waals surface area contributed by atoms with Gasteiger partial charge in [-0.25, -0.2) is 0 Å². The minimum atomic E-state index is -0.351. The first-order valence-electron chi connectivity index (χ1n) is 5.41. The first kappa shape index (κ1) is 12.1. The van der Waals surface area contributed by atoms with Crippen LogP contribution in [0.1, 0.15) is 44.6 Å². The standard InChI is InChI=1S/C13H20O2/c1-9(12(4)14)5-6-10(2)13-8-7-11(3)15-13/h5,7-8,10,12,14H,6H2,1-4H3/b9-5+. The van der Waals surface area contributed by atoms with Crippen molar-refractivity contribution in [2.45, 2.75) is 46.1 Å². The number of hydrogen-bond acceptors (Lipinski definition) is 2. The van der Waals surface area contributed by atoms with Crippen LogP contribution in [0.2, 0.25) is 0 Å². The first-order chi connectivity index (χ1) is 7.00. The lowest BCUT2D eigenvalue weighted by atomic mass is 10.0. The van der Waals surface area contributed by atoms with Crippen LogP contribution < -0.4 is 0 Å². The normalized spacial score (nSPS) is 16.5. The highest BCUT2D eigenvalue weighted by Gasteiger charge is 2.08. The molecule has 0 aromatic carbocycles. The van der Waals surface area contributed by atoms with Crippen molar-refractivity contribution in [2.75, 3.05) is 0 Å². The summed E-state index contributed by atoms with van der Waals surface area (Å²) in [6, 6.07) is 4.00. The average molecular weight is 208 g/mol. The van der Waals surface area contributed by atoms with Crippen LogP contribution in [-0.2, 0) is 0 Å². The minimum absolute atomic E-state index is 0.351. The quantitative estimate of drug-likeness (QED) is 0.769. The maximum absolute atomic E-state index is 9.32. The molecule has 2 unspecified atom stereocenters. The van der Waals surface area contributed by atoms with Gasteiger partial charge in [-0.2, -0.15) is 0 Å². The van der Waals surface area contributed by atoms with Gasteiger partial charge in [0.15, 0.2) is 0 Å². The maximum Gasteiger partial charge on any atom is 0.107 e. The van der Waals surface area contributed by atoms with Crippen molar-refractivity contribution in [1.29, 1.82) is 0 Å². The molecule has 0 saturated carbocycles. The van der Waals surface area contributed by atoms with Crippen LogP contribution >= 0.6 is 0 Å². The number of aliphatic hydroxyl groups excluding tert-OH is 1. The van der Waals surface area contributed by atoms with E-state index >= 15 is 0 Å². The van der Waals surface area contributed by atoms with Gasteiger partial charge in [0.1, 0.15) is 11.5 Å². The molecule has 0 bridgehead atoms. The molecule has 0 amide bonds. The SMILES string of the molecule is C/C(=C\CC(C)c1ccc(C)o1)C(C)O. The Kier molecular flexibility index (Phi) is 4.15. The fourth-order valence-corrected chi connectivity index (χ4v) is 1.37. The lowest BCUT2D eigenvalue weighted by Gasteiger charge is -2.08. The van der Waals surface area contributed by atoms with E-state index in [1.165, 1.54) is 0 Å². The van der Waals surface area contributed by atoms with Gasteiger partial charge in [0, 0.05) is 5.92 Å². The average Bonchev–Trinajstić information content (AvgIpc) is 2.60. The molecule has 1 aromatic rings. The van der Waals surface area contributed by atoms with Gasteiger partial charge in [-0.05, 0) is 44.9 Å². The van der Waals surface area contributed by atoms with Crippen molar-refractivity contribution < 1.29 is 9.52 Å². The van der Waals surface area contributed by atoms with E-state index in [9.17, 15) is 5.11 Å². The molecular weight excluding hydrogens is 188 g/mol. The Bertz CT molecular complexity index is 334. The number of hydrogen-bond donors (Lipinski definition) is 1. The molecule has 2 atom stereocenters. The fraction of sp³-hybridized carbons (Fsp3) is 0.538. The summed E-state index contributed by atoms with van der Waals surface area (Å²) in [4.78, 5) is 0. The van der Waals surface area contributed by atoms with Crippen LogP contribution in [0, 0.1) is 6.92 Å². The summed E-state index contributed by atoms with van der Waals surface area (Å²) < 4.78 is 5.55. The van der Waals surface area contributed by atoms with Crippen molar-refractivity contribution in [3.63, 3.8) is 0 Å². The molecule has 0 aliphatic rings. The second kappa shape index (κ2) is 5.17. The highest BCUT2D eigenvalue weighted by atomic mass is 16.3. The predicted molar refractivity (Wildman–Crippen MR) is 61.9 cm³/mol. The molecule has 1 N–H and O–H groups in total. The first-order valence-corrected chi connectivity index (χ1v) is 5.41. The lowest BCUT2D eigenvalue weighted by molar-refractivity contribution is 0.231. The third-order valence-corrected chi connectivity index (χ3v) is 2.70. The molecule has 0 saturated heterocycles. The van der Waals surface area contributed by atoms with Crippen LogP contribution in [0.4, 0.5) is 0 Å². The smallest absolute Gasteiger partial charge is 0.107 e. The second-order valence-corrected chi connectivity index (χ2v) is 4.21. The van der Waals surface area contributed by atoms with Gasteiger partial charge in [-0.3, -0.25) is 0 Å². The van der Waals surface area contributed by atoms with Crippen LogP contribution in [0.25, 0.3) is 0 Å². The summed E-state index contributed by atoms with van der Waals surface area (Å²) in [5, 5.41) is 9.32. The zero-order valence-corrected chi connectivity index (χ0v) is 9.95. The van der Waals surface area contributed by atoms with Gasteiger partial charge in [-0.15, -0.1) is 0 Å². The Labute approximate surface area is 91.6 Å². The van der Waals surface area contributed by atoms with E-state index in [-0.39, 0.29) is 6.10 Å². The van der Waals surface area contributed by atoms with Gasteiger partial charge >= 0.3 is 0 Å². The number of allylic oxidation sites excluding steroid dienone is 1. The van der Waals surface area contributed by atoms with Crippen LogP contribution in [0.15, 0.2) is 28.2 Å². The second-order valence-electron chi connectivity index (χ2n) is 4.21. The zero-order chi connectivity index (χ0) is 11.4. The molecule has 0 aliphatic heterocycles. The highest BCUT2D eigenvalue weighted by molar-refractivity contribution is 5.12. The predicted octanol–water partition coefficient (Wildman–Crippen LogP) is 3.41. The number of rotatable bonds is 4. The topological polar surface area (TPSA) is 33.4 Å². The summed E-state index contributed by atoms with van der Waals surface area (Å²) in [5.41, 5.74) is 1.02. The monoisotopic (exact) mass is 208 g/mol. The maximum atomic E-state index is 9.32. The van der Waals surface area contributed by atoms with Gasteiger partial charge in [-0.1, -0.05) is 13.0 Å². The van der Waals surface area contributed by atoms with Gasteiger partial charge < -0.3 is 9.52 Å². The van der Waals surface area contributed by atoms with E-state index in [1.807, 2.05) is 26.0 Å². The number of aliphatic hydroxyl groups is 1. The highest BCUT2D eigenvalue weighted by Crippen LogP contribution is 2.22. The molecule has 1 heterocycles. The molecule has 1 rings (SSSR count). The lowest BCUT2D eigenvalue weighted by Crippen LogP contribution is -2.01. The Morgan fingerprint density at radius 1 is 1.47 bits per heavy atom. The van der Waals surface area contributed by atoms with Crippen LogP contribution in [0.5, 0.6) is 0 Å². The fourth-order valence-electron chi connectivity index (χ4n) is 1.37. The zero-order valence-electron chi connectivity index (χ0n) is 9.95. The van der Waals surface area contributed by atoms with Gasteiger partial charge in [0.25, 0.3) is 0 Å². The van der Waals surface area contributed by atoms with E-state index in [2.05, 4.69) is 13.0 Å². The van der Waals surface area contributed by atoms with E-state index in [4.69, 9.17) is 4.42 Å². The van der Waals surface area contributed by atoms with E-state index in [0.29, 0.717) is 5.92 Å². The molecule has 15 heavy (non-hydrogen) atoms. The largest absolute Gasteiger partial charge is 0.466 e. The van der Waals surface area contributed by atoms with Gasteiger partial charge in [0.2, 0.25) is 0 Å². The molecule has 2 nitrogen and oxygen atoms in total. The number of aryl methyl sites for hydroxylation is 1. The molecule has 0 aliphatic carbocycles. The molecule has 2 heteroatoms. The summed E-state index contributed by atoms with van der Waals surface area (Å²) in [5.74, 6) is 2.34. The molecular formula is C13H20O2. The van der Waals surface area contributed by atoms with Crippen molar-refractivity contribution in [3.8, 4) is 0 Å². The Hall–Kier alpha value is -1.02. The minimum Gasteiger partial charge on any atom is -0.466 e. The van der Waals surface area contributed by atoms with Gasteiger partial charge in [0.05, 0.1) is 6.10 Å². The molecule has 1 aromatic heterocycles. The molecule has 0 fully saturated rings. The van der Waals surface area contributed by atoms with Crippen molar-refractivity contribution in [3.05, 3.63) is 35.3 Å². The van der Waals surface area contributed by atoms with E-state index in [1.54, 1.807) is 6.92 Å². The summed E-state index contributed by atoms with van der Waals surface area (Å²) in [7, 11) is 0. The Morgan fingerprint density at radius 2 is 2.13 bits per heavy atom. The molecule has 84 valence electrons.